The molecule has 2 N–H and O–H groups in total. The van der Waals surface area contributed by atoms with Crippen LogP contribution in [0.15, 0.2) is 71.9 Å². The van der Waals surface area contributed by atoms with Gasteiger partial charge in [0, 0.05) is 34.7 Å². The minimum Gasteiger partial charge on any atom is -0.359 e. The summed E-state index contributed by atoms with van der Waals surface area (Å²) in [6, 6.07) is 16.1. The second-order valence-electron chi connectivity index (χ2n) is 7.82. The number of hydrogen-bond donors (Lipinski definition) is 2. The summed E-state index contributed by atoms with van der Waals surface area (Å²) >= 11 is 0. The molecule has 0 fully saturated rings. The maximum Gasteiger partial charge on any atom is 0.267 e. The molecule has 160 valence electrons. The van der Waals surface area contributed by atoms with Gasteiger partial charge in [-0.2, -0.15) is 0 Å². The molecule has 4 rings (SSSR count). The van der Waals surface area contributed by atoms with E-state index in [1.165, 1.54) is 24.0 Å². The van der Waals surface area contributed by atoms with E-state index >= 15 is 0 Å². The summed E-state index contributed by atoms with van der Waals surface area (Å²) in [7, 11) is -3.80. The minimum atomic E-state index is -3.80. The average Bonchev–Trinajstić information content (AvgIpc) is 3.39. The Kier molecular flexibility index (Phi) is 5.45. The molecule has 31 heavy (non-hydrogen) atoms. The van der Waals surface area contributed by atoms with E-state index in [1.807, 2.05) is 37.3 Å². The predicted molar refractivity (Wildman–Crippen MR) is 123 cm³/mol. The standard InChI is InChI=1S/C24H25N3O3S/c1-4-16(2)18-5-7-21(8-6-18)26-24(28)19-11-12-27(15-19)31(29,30)22-9-10-23-20(14-22)13-17(3)25-23/h5-16,25H,4H2,1-3H3,(H,26,28). The minimum absolute atomic E-state index is 0.169. The van der Waals surface area contributed by atoms with Crippen molar-refractivity contribution in [2.75, 3.05) is 5.32 Å². The number of carbonyl (C=O) groups excluding carboxylic acids is 1. The van der Waals surface area contributed by atoms with Crippen molar-refractivity contribution >= 4 is 32.5 Å². The third-order valence-corrected chi connectivity index (χ3v) is 7.21. The highest BCUT2D eigenvalue weighted by molar-refractivity contribution is 7.90. The predicted octanol–water partition coefficient (Wildman–Crippen LogP) is 5.28. The summed E-state index contributed by atoms with van der Waals surface area (Å²) in [6.07, 6.45) is 3.78. The summed E-state index contributed by atoms with van der Waals surface area (Å²) in [5.41, 5.74) is 3.99. The van der Waals surface area contributed by atoms with Crippen LogP contribution < -0.4 is 5.32 Å². The molecule has 0 radical (unpaired) electrons. The highest BCUT2D eigenvalue weighted by atomic mass is 32.2. The van der Waals surface area contributed by atoms with Crippen LogP contribution in [0.3, 0.4) is 0 Å². The Morgan fingerprint density at radius 3 is 2.55 bits per heavy atom. The Bertz CT molecular complexity index is 1350. The van der Waals surface area contributed by atoms with Crippen molar-refractivity contribution in [2.45, 2.75) is 38.0 Å². The van der Waals surface area contributed by atoms with E-state index in [0.29, 0.717) is 11.6 Å². The first kappa shape index (κ1) is 20.9. The van der Waals surface area contributed by atoms with Crippen molar-refractivity contribution in [3.8, 4) is 0 Å². The number of aryl methyl sites for hydroxylation is 1. The van der Waals surface area contributed by atoms with Crippen molar-refractivity contribution in [1.82, 2.24) is 8.96 Å². The Balaban J connectivity index is 1.54. The zero-order valence-corrected chi connectivity index (χ0v) is 18.5. The molecule has 2 heterocycles. The fraction of sp³-hybridized carbons (Fsp3) is 0.208. The summed E-state index contributed by atoms with van der Waals surface area (Å²) in [5, 5.41) is 3.65. The number of nitrogens with zero attached hydrogens (tertiary/aromatic N) is 1. The first-order valence-corrected chi connectivity index (χ1v) is 11.7. The van der Waals surface area contributed by atoms with Crippen LogP contribution in [0, 0.1) is 6.92 Å². The van der Waals surface area contributed by atoms with Crippen molar-refractivity contribution in [3.05, 3.63) is 83.8 Å². The first-order valence-electron chi connectivity index (χ1n) is 10.2. The second kappa shape index (κ2) is 8.07. The van der Waals surface area contributed by atoms with Crippen LogP contribution in [0.4, 0.5) is 5.69 Å². The smallest absolute Gasteiger partial charge is 0.267 e. The molecular weight excluding hydrogens is 410 g/mol. The fourth-order valence-corrected chi connectivity index (χ4v) is 4.77. The molecule has 0 aliphatic carbocycles. The fourth-order valence-electron chi connectivity index (χ4n) is 3.53. The molecule has 1 atom stereocenters. The Hall–Kier alpha value is -3.32. The van der Waals surface area contributed by atoms with E-state index in [0.717, 1.165) is 27.0 Å². The highest BCUT2D eigenvalue weighted by Gasteiger charge is 2.19. The number of anilines is 1. The molecule has 0 spiro atoms. The first-order chi connectivity index (χ1) is 14.8. The van der Waals surface area contributed by atoms with Gasteiger partial charge in [0.05, 0.1) is 10.5 Å². The molecule has 1 amide bonds. The van der Waals surface area contributed by atoms with Crippen molar-refractivity contribution in [2.24, 2.45) is 0 Å². The molecule has 2 aromatic heterocycles. The molecule has 0 aliphatic rings. The van der Waals surface area contributed by atoms with Crippen LogP contribution in [0.2, 0.25) is 0 Å². The van der Waals surface area contributed by atoms with Gasteiger partial charge in [-0.05, 0) is 67.3 Å². The van der Waals surface area contributed by atoms with Gasteiger partial charge in [-0.25, -0.2) is 12.4 Å². The van der Waals surface area contributed by atoms with Crippen LogP contribution in [0.25, 0.3) is 10.9 Å². The maximum absolute atomic E-state index is 13.0. The van der Waals surface area contributed by atoms with E-state index in [9.17, 15) is 13.2 Å². The Morgan fingerprint density at radius 2 is 1.84 bits per heavy atom. The molecular formula is C24H25N3O3S. The highest BCUT2D eigenvalue weighted by Crippen LogP contribution is 2.23. The molecule has 0 saturated carbocycles. The van der Waals surface area contributed by atoms with Gasteiger partial charge in [0.25, 0.3) is 15.9 Å². The zero-order valence-electron chi connectivity index (χ0n) is 17.7. The molecule has 7 heteroatoms. The number of fused-ring (bicyclic) bond motifs is 1. The molecule has 0 aliphatic heterocycles. The van der Waals surface area contributed by atoms with Crippen molar-refractivity contribution in [1.29, 1.82) is 0 Å². The van der Waals surface area contributed by atoms with Crippen LogP contribution in [0.5, 0.6) is 0 Å². The zero-order chi connectivity index (χ0) is 22.2. The molecule has 1 unspecified atom stereocenters. The lowest BCUT2D eigenvalue weighted by atomic mass is 9.99. The van der Waals surface area contributed by atoms with E-state index in [1.54, 1.807) is 18.2 Å². The lowest BCUT2D eigenvalue weighted by molar-refractivity contribution is 0.102. The van der Waals surface area contributed by atoms with Gasteiger partial charge in [0.1, 0.15) is 0 Å². The largest absolute Gasteiger partial charge is 0.359 e. The van der Waals surface area contributed by atoms with Gasteiger partial charge in [0.2, 0.25) is 0 Å². The number of hydrogen-bond acceptors (Lipinski definition) is 3. The monoisotopic (exact) mass is 435 g/mol. The Morgan fingerprint density at radius 1 is 1.10 bits per heavy atom. The van der Waals surface area contributed by atoms with Gasteiger partial charge in [-0.1, -0.05) is 26.0 Å². The van der Waals surface area contributed by atoms with Crippen molar-refractivity contribution in [3.63, 3.8) is 0 Å². The SMILES string of the molecule is CCC(C)c1ccc(NC(=O)c2ccn(S(=O)(=O)c3ccc4[nH]c(C)cc4c3)c2)cc1. The topological polar surface area (TPSA) is 84.0 Å². The lowest BCUT2D eigenvalue weighted by Crippen LogP contribution is -2.13. The van der Waals surface area contributed by atoms with Crippen LogP contribution in [-0.4, -0.2) is 23.3 Å². The Labute approximate surface area is 182 Å². The summed E-state index contributed by atoms with van der Waals surface area (Å²) in [4.78, 5) is 16.0. The van der Waals surface area contributed by atoms with Gasteiger partial charge in [-0.15, -0.1) is 0 Å². The number of aromatic nitrogens is 2. The van der Waals surface area contributed by atoms with E-state index in [-0.39, 0.29) is 16.4 Å². The van der Waals surface area contributed by atoms with Crippen LogP contribution in [0.1, 0.15) is 47.8 Å². The number of aromatic amines is 1. The van der Waals surface area contributed by atoms with E-state index in [4.69, 9.17) is 0 Å². The van der Waals surface area contributed by atoms with Gasteiger partial charge in [0.15, 0.2) is 0 Å². The summed E-state index contributed by atoms with van der Waals surface area (Å²) in [5.74, 6) is 0.0975. The normalized spacial score (nSPS) is 12.7. The average molecular weight is 436 g/mol. The molecule has 4 aromatic rings. The quantitative estimate of drug-likeness (QED) is 0.432. The molecule has 2 aromatic carbocycles. The van der Waals surface area contributed by atoms with Gasteiger partial charge in [-0.3, -0.25) is 4.79 Å². The lowest BCUT2D eigenvalue weighted by Gasteiger charge is -2.10. The van der Waals surface area contributed by atoms with Crippen molar-refractivity contribution < 1.29 is 13.2 Å². The maximum atomic E-state index is 13.0. The van der Waals surface area contributed by atoms with Gasteiger partial charge < -0.3 is 10.3 Å². The third-order valence-electron chi connectivity index (χ3n) is 5.58. The number of H-pyrrole nitrogens is 1. The number of carbonyl (C=O) groups is 1. The van der Waals surface area contributed by atoms with Crippen LogP contribution >= 0.6 is 0 Å². The summed E-state index contributed by atoms with van der Waals surface area (Å²) < 4.78 is 27.1. The number of rotatable bonds is 6. The number of amides is 1. The number of nitrogens with one attached hydrogen (secondary N) is 2. The van der Waals surface area contributed by atoms with E-state index in [2.05, 4.69) is 24.1 Å². The number of benzene rings is 2. The second-order valence-corrected chi connectivity index (χ2v) is 9.67. The third kappa shape index (κ3) is 4.14. The van der Waals surface area contributed by atoms with E-state index < -0.39 is 10.0 Å². The van der Waals surface area contributed by atoms with Gasteiger partial charge >= 0.3 is 0 Å². The molecule has 0 saturated heterocycles. The molecule has 0 bridgehead atoms. The summed E-state index contributed by atoms with van der Waals surface area (Å²) in [6.45, 7) is 6.21. The van der Waals surface area contributed by atoms with Crippen LogP contribution in [-0.2, 0) is 10.0 Å². The molecule has 6 nitrogen and oxygen atoms in total.